The predicted octanol–water partition coefficient (Wildman–Crippen LogP) is 1.34. The molecule has 1 aromatic carbocycles. The summed E-state index contributed by atoms with van der Waals surface area (Å²) in [5.74, 6) is -0.982. The van der Waals surface area contributed by atoms with E-state index < -0.39 is 5.97 Å². The minimum Gasteiger partial charge on any atom is -0.476 e. The van der Waals surface area contributed by atoms with E-state index in [2.05, 4.69) is 32.0 Å². The second-order valence-corrected chi connectivity index (χ2v) is 5.92. The molecule has 0 radical (unpaired) electrons. The Morgan fingerprint density at radius 2 is 1.68 bits per heavy atom. The fraction of sp³-hybridized carbons (Fsp3) is 0.235. The first-order chi connectivity index (χ1) is 12.1. The molecule has 0 aliphatic carbocycles. The molecular formula is C17H18N6O2. The van der Waals surface area contributed by atoms with Crippen LogP contribution in [-0.2, 0) is 0 Å². The van der Waals surface area contributed by atoms with Crippen LogP contribution in [0, 0.1) is 0 Å². The van der Waals surface area contributed by atoms with Gasteiger partial charge in [-0.05, 0) is 24.3 Å². The van der Waals surface area contributed by atoms with Crippen molar-refractivity contribution in [3.8, 4) is 0 Å². The molecule has 0 atom stereocenters. The van der Waals surface area contributed by atoms with Crippen molar-refractivity contribution in [2.24, 2.45) is 0 Å². The highest BCUT2D eigenvalue weighted by atomic mass is 16.4. The van der Waals surface area contributed by atoms with Gasteiger partial charge in [-0.25, -0.2) is 9.31 Å². The molecule has 128 valence electrons. The van der Waals surface area contributed by atoms with Gasteiger partial charge in [0.25, 0.3) is 0 Å². The average Bonchev–Trinajstić information content (AvgIpc) is 3.01. The first kappa shape index (κ1) is 15.3. The van der Waals surface area contributed by atoms with Crippen LogP contribution in [0.25, 0.3) is 5.65 Å². The molecule has 1 aliphatic heterocycles. The number of aromatic nitrogens is 3. The van der Waals surface area contributed by atoms with Crippen molar-refractivity contribution < 1.29 is 9.90 Å². The number of benzene rings is 1. The summed E-state index contributed by atoms with van der Waals surface area (Å²) in [6.45, 7) is 3.09. The summed E-state index contributed by atoms with van der Waals surface area (Å²) in [6.07, 6.45) is 0. The van der Waals surface area contributed by atoms with E-state index in [0.29, 0.717) is 11.3 Å². The third-order valence-corrected chi connectivity index (χ3v) is 4.44. The molecule has 0 amide bonds. The van der Waals surface area contributed by atoms with Gasteiger partial charge in [0.15, 0.2) is 11.3 Å². The van der Waals surface area contributed by atoms with Gasteiger partial charge in [0.05, 0.1) is 5.69 Å². The molecule has 2 aromatic heterocycles. The minimum absolute atomic E-state index is 0.0635. The van der Waals surface area contributed by atoms with Crippen LogP contribution in [0.5, 0.6) is 0 Å². The zero-order chi connectivity index (χ0) is 17.4. The van der Waals surface area contributed by atoms with Crippen LogP contribution in [0.1, 0.15) is 10.5 Å². The maximum atomic E-state index is 11.8. The Bertz CT molecular complexity index is 916. The molecule has 4 rings (SSSR count). The number of para-hydroxylation sites is 1. The lowest BCUT2D eigenvalue weighted by Crippen LogP contribution is -2.47. The number of carbonyl (C=O) groups is 1. The van der Waals surface area contributed by atoms with Crippen LogP contribution in [-0.4, -0.2) is 51.9 Å². The number of nitrogens with zero attached hydrogens (tertiary/aromatic N) is 5. The second kappa shape index (κ2) is 5.97. The number of anilines is 3. The normalized spacial score (nSPS) is 14.9. The van der Waals surface area contributed by atoms with E-state index in [1.807, 2.05) is 18.2 Å². The topological polar surface area (TPSA) is 100.0 Å². The quantitative estimate of drug-likeness (QED) is 0.743. The third kappa shape index (κ3) is 2.71. The third-order valence-electron chi connectivity index (χ3n) is 4.44. The molecular weight excluding hydrogens is 320 g/mol. The van der Waals surface area contributed by atoms with Crippen LogP contribution in [0.15, 0.2) is 42.5 Å². The van der Waals surface area contributed by atoms with Crippen molar-refractivity contribution in [2.75, 3.05) is 41.7 Å². The Hall–Kier alpha value is -3.29. The lowest BCUT2D eigenvalue weighted by atomic mass is 10.2. The lowest BCUT2D eigenvalue weighted by Gasteiger charge is -2.37. The van der Waals surface area contributed by atoms with Gasteiger partial charge in [0.2, 0.25) is 5.95 Å². The number of hydrogen-bond donors (Lipinski definition) is 2. The summed E-state index contributed by atoms with van der Waals surface area (Å²) in [4.78, 5) is 20.2. The number of carboxylic acids is 1. The summed E-state index contributed by atoms with van der Waals surface area (Å²) in [7, 11) is 0. The number of nitrogen functional groups attached to an aromatic ring is 1. The first-order valence-electron chi connectivity index (χ1n) is 8.07. The molecule has 0 saturated carbocycles. The van der Waals surface area contributed by atoms with Crippen molar-refractivity contribution in [3.05, 3.63) is 48.2 Å². The number of carboxylic acid groups (broad SMARTS) is 1. The highest BCUT2D eigenvalue weighted by molar-refractivity contribution is 5.93. The van der Waals surface area contributed by atoms with E-state index in [4.69, 9.17) is 5.73 Å². The Morgan fingerprint density at radius 1 is 1.00 bits per heavy atom. The Balaban J connectivity index is 1.63. The van der Waals surface area contributed by atoms with Crippen LogP contribution in [0.2, 0.25) is 0 Å². The zero-order valence-corrected chi connectivity index (χ0v) is 13.5. The van der Waals surface area contributed by atoms with E-state index in [0.717, 1.165) is 26.2 Å². The van der Waals surface area contributed by atoms with Gasteiger partial charge in [0, 0.05) is 31.9 Å². The van der Waals surface area contributed by atoms with E-state index in [-0.39, 0.29) is 11.6 Å². The number of pyridine rings is 1. The largest absolute Gasteiger partial charge is 0.476 e. The number of aromatic carboxylic acids is 1. The molecule has 1 aliphatic rings. The molecule has 3 aromatic rings. The summed E-state index contributed by atoms with van der Waals surface area (Å²) in [5, 5.41) is 13.7. The van der Waals surface area contributed by atoms with Gasteiger partial charge in [-0.3, -0.25) is 0 Å². The monoisotopic (exact) mass is 338 g/mol. The average molecular weight is 338 g/mol. The van der Waals surface area contributed by atoms with E-state index >= 15 is 0 Å². The molecule has 0 bridgehead atoms. The van der Waals surface area contributed by atoms with Crippen molar-refractivity contribution in [3.63, 3.8) is 0 Å². The fourth-order valence-corrected chi connectivity index (χ4v) is 3.25. The zero-order valence-electron chi connectivity index (χ0n) is 13.5. The van der Waals surface area contributed by atoms with Crippen LogP contribution >= 0.6 is 0 Å². The summed E-state index contributed by atoms with van der Waals surface area (Å²) in [6, 6.07) is 13.7. The summed E-state index contributed by atoms with van der Waals surface area (Å²) >= 11 is 0. The smallest absolute Gasteiger partial charge is 0.356 e. The van der Waals surface area contributed by atoms with Gasteiger partial charge < -0.3 is 20.6 Å². The molecule has 25 heavy (non-hydrogen) atoms. The van der Waals surface area contributed by atoms with Gasteiger partial charge in [-0.1, -0.05) is 18.2 Å². The molecule has 3 heterocycles. The van der Waals surface area contributed by atoms with Gasteiger partial charge in [-0.2, -0.15) is 4.98 Å². The molecule has 0 spiro atoms. The van der Waals surface area contributed by atoms with Gasteiger partial charge >= 0.3 is 5.97 Å². The van der Waals surface area contributed by atoms with Crippen LogP contribution in [0.4, 0.5) is 17.3 Å². The summed E-state index contributed by atoms with van der Waals surface area (Å²) in [5.41, 5.74) is 7.96. The van der Waals surface area contributed by atoms with E-state index in [9.17, 15) is 9.90 Å². The number of fused-ring (bicyclic) bond motifs is 1. The van der Waals surface area contributed by atoms with Crippen molar-refractivity contribution >= 4 is 28.9 Å². The minimum atomic E-state index is -1.05. The molecule has 8 heteroatoms. The van der Waals surface area contributed by atoms with Gasteiger partial charge in [0.1, 0.15) is 0 Å². The lowest BCUT2D eigenvalue weighted by molar-refractivity contribution is 0.0688. The standard InChI is InChI=1S/C17H18N6O2/c18-17-19-14-7-6-13(15(16(24)25)23(14)20-17)22-10-8-21(9-11-22)12-4-2-1-3-5-12/h1-7H,8-11H2,(H2,18,20)(H,24,25). The molecule has 3 N–H and O–H groups in total. The van der Waals surface area contributed by atoms with E-state index in [1.54, 1.807) is 12.1 Å². The number of hydrogen-bond acceptors (Lipinski definition) is 6. The highest BCUT2D eigenvalue weighted by Crippen LogP contribution is 2.25. The number of rotatable bonds is 3. The fourth-order valence-electron chi connectivity index (χ4n) is 3.25. The van der Waals surface area contributed by atoms with Crippen LogP contribution < -0.4 is 15.5 Å². The maximum Gasteiger partial charge on any atom is 0.356 e. The number of piperazine rings is 1. The Kier molecular flexibility index (Phi) is 3.64. The predicted molar refractivity (Wildman–Crippen MR) is 95.2 cm³/mol. The molecule has 0 unspecified atom stereocenters. The summed E-state index contributed by atoms with van der Waals surface area (Å²) < 4.78 is 1.30. The van der Waals surface area contributed by atoms with Gasteiger partial charge in [-0.15, -0.1) is 5.10 Å². The molecule has 1 saturated heterocycles. The Morgan fingerprint density at radius 3 is 2.36 bits per heavy atom. The van der Waals surface area contributed by atoms with E-state index in [1.165, 1.54) is 10.2 Å². The molecule has 1 fully saturated rings. The highest BCUT2D eigenvalue weighted by Gasteiger charge is 2.24. The van der Waals surface area contributed by atoms with Crippen LogP contribution in [0.3, 0.4) is 0 Å². The first-order valence-corrected chi connectivity index (χ1v) is 8.07. The molecule has 8 nitrogen and oxygen atoms in total. The second-order valence-electron chi connectivity index (χ2n) is 5.92. The number of nitrogens with two attached hydrogens (primary N) is 1. The van der Waals surface area contributed by atoms with Crippen molar-refractivity contribution in [1.82, 2.24) is 14.6 Å². The maximum absolute atomic E-state index is 11.8. The SMILES string of the molecule is Nc1nc2ccc(N3CCN(c4ccccc4)CC3)c(C(=O)O)n2n1. The Labute approximate surface area is 144 Å². The van der Waals surface area contributed by atoms with Crippen molar-refractivity contribution in [2.45, 2.75) is 0 Å². The van der Waals surface area contributed by atoms with Crippen molar-refractivity contribution in [1.29, 1.82) is 0 Å².